The molecule has 1 fully saturated rings. The Labute approximate surface area is 116 Å². The minimum absolute atomic E-state index is 0.0845. The summed E-state index contributed by atoms with van der Waals surface area (Å²) in [6.07, 6.45) is 2.80. The van der Waals surface area contributed by atoms with Gasteiger partial charge in [-0.25, -0.2) is 13.4 Å². The third-order valence-corrected chi connectivity index (χ3v) is 5.16. The fourth-order valence-corrected chi connectivity index (χ4v) is 3.90. The highest BCUT2D eigenvalue weighted by molar-refractivity contribution is 7.89. The molecule has 1 aromatic heterocycles. The lowest BCUT2D eigenvalue weighted by atomic mass is 10.0. The maximum absolute atomic E-state index is 12.5. The van der Waals surface area contributed by atoms with Gasteiger partial charge in [0.05, 0.1) is 4.92 Å². The molecule has 1 aromatic rings. The van der Waals surface area contributed by atoms with E-state index in [1.807, 2.05) is 0 Å². The van der Waals surface area contributed by atoms with Crippen molar-refractivity contribution in [3.05, 3.63) is 28.4 Å². The summed E-state index contributed by atoms with van der Waals surface area (Å²) in [6.45, 7) is 1.02. The van der Waals surface area contributed by atoms with Gasteiger partial charge in [-0.15, -0.1) is 0 Å². The SMILES string of the molecule is NC[C@@H]1CCCN(S(=O)(=O)c2ncccc2[N+](=O)[O-])C1. The Kier molecular flexibility index (Phi) is 4.31. The first-order valence-electron chi connectivity index (χ1n) is 6.26. The van der Waals surface area contributed by atoms with Crippen molar-refractivity contribution in [2.75, 3.05) is 19.6 Å². The van der Waals surface area contributed by atoms with Crippen LogP contribution in [0.3, 0.4) is 0 Å². The second kappa shape index (κ2) is 5.81. The van der Waals surface area contributed by atoms with Crippen LogP contribution in [0.1, 0.15) is 12.8 Å². The van der Waals surface area contributed by atoms with E-state index >= 15 is 0 Å². The van der Waals surface area contributed by atoms with Crippen molar-refractivity contribution in [3.8, 4) is 0 Å². The van der Waals surface area contributed by atoms with Crippen LogP contribution < -0.4 is 5.73 Å². The van der Waals surface area contributed by atoms with E-state index in [1.165, 1.54) is 16.6 Å². The Balaban J connectivity index is 2.38. The number of hydrogen-bond donors (Lipinski definition) is 1. The van der Waals surface area contributed by atoms with Crippen LogP contribution in [0.25, 0.3) is 0 Å². The van der Waals surface area contributed by atoms with Gasteiger partial charge in [0.25, 0.3) is 10.0 Å². The summed E-state index contributed by atoms with van der Waals surface area (Å²) in [6, 6.07) is 2.49. The Bertz CT molecular complexity index is 604. The predicted octanol–water partition coefficient (Wildman–Crippen LogP) is 0.349. The highest BCUT2D eigenvalue weighted by Crippen LogP contribution is 2.27. The zero-order chi connectivity index (χ0) is 14.8. The molecular formula is C11H16N4O4S. The number of pyridine rings is 1. The summed E-state index contributed by atoms with van der Waals surface area (Å²) in [5.74, 6) is 0.0845. The second-order valence-electron chi connectivity index (χ2n) is 4.69. The van der Waals surface area contributed by atoms with Crippen molar-refractivity contribution in [1.82, 2.24) is 9.29 Å². The molecule has 8 nitrogen and oxygen atoms in total. The van der Waals surface area contributed by atoms with Crippen LogP contribution in [-0.2, 0) is 10.0 Å². The molecule has 0 aromatic carbocycles. The van der Waals surface area contributed by atoms with E-state index in [9.17, 15) is 18.5 Å². The normalized spacial score (nSPS) is 20.8. The lowest BCUT2D eigenvalue weighted by Crippen LogP contribution is -2.42. The third-order valence-electron chi connectivity index (χ3n) is 3.35. The van der Waals surface area contributed by atoms with Crippen molar-refractivity contribution >= 4 is 15.7 Å². The van der Waals surface area contributed by atoms with Crippen molar-refractivity contribution in [3.63, 3.8) is 0 Å². The molecule has 9 heteroatoms. The molecular weight excluding hydrogens is 284 g/mol. The van der Waals surface area contributed by atoms with Crippen molar-refractivity contribution < 1.29 is 13.3 Å². The fraction of sp³-hybridized carbons (Fsp3) is 0.545. The van der Waals surface area contributed by atoms with Crippen molar-refractivity contribution in [2.45, 2.75) is 17.9 Å². The minimum Gasteiger partial charge on any atom is -0.330 e. The number of aromatic nitrogens is 1. The molecule has 0 unspecified atom stereocenters. The molecule has 2 heterocycles. The van der Waals surface area contributed by atoms with Gasteiger partial charge in [0.1, 0.15) is 0 Å². The number of piperidine rings is 1. The Morgan fingerprint density at radius 2 is 2.30 bits per heavy atom. The number of sulfonamides is 1. The molecule has 0 bridgehead atoms. The highest BCUT2D eigenvalue weighted by atomic mass is 32.2. The molecule has 110 valence electrons. The first-order valence-corrected chi connectivity index (χ1v) is 7.70. The largest absolute Gasteiger partial charge is 0.330 e. The van der Waals surface area contributed by atoms with Gasteiger partial charge in [0, 0.05) is 25.4 Å². The number of nitrogens with two attached hydrogens (primary N) is 1. The van der Waals surface area contributed by atoms with E-state index in [0.29, 0.717) is 19.5 Å². The summed E-state index contributed by atoms with van der Waals surface area (Å²) >= 11 is 0. The quantitative estimate of drug-likeness (QED) is 0.633. The molecule has 1 saturated heterocycles. The molecule has 1 aliphatic rings. The van der Waals surface area contributed by atoms with E-state index in [-0.39, 0.29) is 12.5 Å². The van der Waals surface area contributed by atoms with Gasteiger partial charge in [0.2, 0.25) is 5.03 Å². The van der Waals surface area contributed by atoms with Crippen LogP contribution in [0, 0.1) is 16.0 Å². The van der Waals surface area contributed by atoms with E-state index < -0.39 is 25.7 Å². The maximum Gasteiger partial charge on any atom is 0.308 e. The van der Waals surface area contributed by atoms with E-state index in [1.54, 1.807) is 0 Å². The lowest BCUT2D eigenvalue weighted by molar-refractivity contribution is -0.388. The molecule has 1 aliphatic heterocycles. The topological polar surface area (TPSA) is 119 Å². The van der Waals surface area contributed by atoms with Crippen LogP contribution in [0.4, 0.5) is 5.69 Å². The molecule has 20 heavy (non-hydrogen) atoms. The number of nitro groups is 1. The van der Waals surface area contributed by atoms with Crippen LogP contribution in [-0.4, -0.2) is 42.3 Å². The Hall–Kier alpha value is -1.58. The monoisotopic (exact) mass is 300 g/mol. The Morgan fingerprint density at radius 1 is 1.55 bits per heavy atom. The zero-order valence-electron chi connectivity index (χ0n) is 10.8. The van der Waals surface area contributed by atoms with E-state index in [4.69, 9.17) is 5.73 Å². The van der Waals surface area contributed by atoms with Gasteiger partial charge in [-0.05, 0) is 31.4 Å². The average Bonchev–Trinajstić information content (AvgIpc) is 2.47. The van der Waals surface area contributed by atoms with Gasteiger partial charge >= 0.3 is 5.69 Å². The molecule has 2 rings (SSSR count). The molecule has 0 radical (unpaired) electrons. The van der Waals surface area contributed by atoms with E-state index in [2.05, 4.69) is 4.98 Å². The number of rotatable bonds is 4. The van der Waals surface area contributed by atoms with Gasteiger partial charge in [-0.2, -0.15) is 4.31 Å². The third kappa shape index (κ3) is 2.79. The smallest absolute Gasteiger partial charge is 0.308 e. The second-order valence-corrected chi connectivity index (χ2v) is 6.55. The van der Waals surface area contributed by atoms with Crippen molar-refractivity contribution in [1.29, 1.82) is 0 Å². The fourth-order valence-electron chi connectivity index (χ4n) is 2.28. The van der Waals surface area contributed by atoms with Gasteiger partial charge in [-0.3, -0.25) is 10.1 Å². The lowest BCUT2D eigenvalue weighted by Gasteiger charge is -2.30. The van der Waals surface area contributed by atoms with Crippen LogP contribution in [0.15, 0.2) is 23.4 Å². The number of hydrogen-bond acceptors (Lipinski definition) is 6. The Morgan fingerprint density at radius 3 is 2.95 bits per heavy atom. The summed E-state index contributed by atoms with van der Waals surface area (Å²) in [5, 5.41) is 10.4. The van der Waals surface area contributed by atoms with Crippen LogP contribution >= 0.6 is 0 Å². The van der Waals surface area contributed by atoms with Gasteiger partial charge in [-0.1, -0.05) is 0 Å². The summed E-state index contributed by atoms with van der Waals surface area (Å²) < 4.78 is 26.2. The summed E-state index contributed by atoms with van der Waals surface area (Å²) in [4.78, 5) is 13.9. The van der Waals surface area contributed by atoms with E-state index in [0.717, 1.165) is 12.5 Å². The number of nitrogens with zero attached hydrogens (tertiary/aromatic N) is 3. The van der Waals surface area contributed by atoms with Crippen LogP contribution in [0.5, 0.6) is 0 Å². The summed E-state index contributed by atoms with van der Waals surface area (Å²) in [5.41, 5.74) is 5.08. The summed E-state index contributed by atoms with van der Waals surface area (Å²) in [7, 11) is -3.96. The maximum atomic E-state index is 12.5. The molecule has 1 atom stereocenters. The zero-order valence-corrected chi connectivity index (χ0v) is 11.6. The molecule has 0 aliphatic carbocycles. The minimum atomic E-state index is -3.96. The standard InChI is InChI=1S/C11H16N4O4S/c12-7-9-3-2-6-14(8-9)20(18,19)11-10(15(16)17)4-1-5-13-11/h1,4-5,9H,2-3,6-8,12H2/t9-/m0/s1. The molecule has 2 N–H and O–H groups in total. The predicted molar refractivity (Wildman–Crippen MR) is 71.4 cm³/mol. The first kappa shape index (κ1) is 14.8. The van der Waals surface area contributed by atoms with Gasteiger partial charge < -0.3 is 5.73 Å². The van der Waals surface area contributed by atoms with Gasteiger partial charge in [0.15, 0.2) is 0 Å². The molecule has 0 saturated carbocycles. The molecule has 0 spiro atoms. The first-order chi connectivity index (χ1) is 9.46. The van der Waals surface area contributed by atoms with Crippen LogP contribution in [0.2, 0.25) is 0 Å². The van der Waals surface area contributed by atoms with Crippen molar-refractivity contribution in [2.24, 2.45) is 11.7 Å². The highest BCUT2D eigenvalue weighted by Gasteiger charge is 2.35. The average molecular weight is 300 g/mol. The molecule has 0 amide bonds.